The van der Waals surface area contributed by atoms with Crippen LogP contribution in [0.3, 0.4) is 0 Å². The molecule has 2 aromatic rings. The van der Waals surface area contributed by atoms with Crippen molar-refractivity contribution in [2.45, 2.75) is 18.8 Å². The van der Waals surface area contributed by atoms with Crippen molar-refractivity contribution in [2.24, 2.45) is 0 Å². The van der Waals surface area contributed by atoms with Crippen molar-refractivity contribution in [3.63, 3.8) is 0 Å². The SMILES string of the molecule is CC(OC(=O)Nc1ccc(Cl)cc1)C1(c2ccccc2)OCCO1. The van der Waals surface area contributed by atoms with Gasteiger partial charge >= 0.3 is 6.09 Å². The molecule has 5 nitrogen and oxygen atoms in total. The lowest BCUT2D eigenvalue weighted by Crippen LogP contribution is -2.42. The van der Waals surface area contributed by atoms with Gasteiger partial charge < -0.3 is 14.2 Å². The molecule has 1 unspecified atom stereocenters. The van der Waals surface area contributed by atoms with Crippen molar-refractivity contribution in [2.75, 3.05) is 18.5 Å². The predicted octanol–water partition coefficient (Wildman–Crippen LogP) is 4.18. The number of nitrogens with one attached hydrogen (secondary N) is 1. The van der Waals surface area contributed by atoms with Gasteiger partial charge in [-0.15, -0.1) is 0 Å². The van der Waals surface area contributed by atoms with E-state index in [1.165, 1.54) is 0 Å². The largest absolute Gasteiger partial charge is 0.440 e. The number of anilines is 1. The molecule has 0 radical (unpaired) electrons. The van der Waals surface area contributed by atoms with E-state index in [1.807, 2.05) is 30.3 Å². The highest BCUT2D eigenvalue weighted by molar-refractivity contribution is 6.30. The molecule has 6 heteroatoms. The van der Waals surface area contributed by atoms with Crippen LogP contribution in [0, 0.1) is 0 Å². The molecule has 1 aliphatic heterocycles. The molecule has 126 valence electrons. The van der Waals surface area contributed by atoms with Crippen LogP contribution in [0.15, 0.2) is 54.6 Å². The highest BCUT2D eigenvalue weighted by Gasteiger charge is 2.46. The van der Waals surface area contributed by atoms with Gasteiger partial charge in [0.05, 0.1) is 13.2 Å². The van der Waals surface area contributed by atoms with Crippen molar-refractivity contribution in [1.29, 1.82) is 0 Å². The first-order valence-corrected chi connectivity index (χ1v) is 8.04. The summed E-state index contributed by atoms with van der Waals surface area (Å²) in [5.41, 5.74) is 1.41. The first-order valence-electron chi connectivity index (χ1n) is 7.67. The molecule has 0 bridgehead atoms. The van der Waals surface area contributed by atoms with Crippen LogP contribution < -0.4 is 5.32 Å². The van der Waals surface area contributed by atoms with E-state index < -0.39 is 18.0 Å². The van der Waals surface area contributed by atoms with Gasteiger partial charge in [-0.05, 0) is 31.2 Å². The Hall–Kier alpha value is -2.08. The van der Waals surface area contributed by atoms with Gasteiger partial charge in [-0.25, -0.2) is 4.79 Å². The molecule has 0 spiro atoms. The fraction of sp³-hybridized carbons (Fsp3) is 0.278. The molecule has 1 N–H and O–H groups in total. The maximum atomic E-state index is 12.2. The predicted molar refractivity (Wildman–Crippen MR) is 91.0 cm³/mol. The monoisotopic (exact) mass is 347 g/mol. The lowest BCUT2D eigenvalue weighted by molar-refractivity contribution is -0.222. The smallest absolute Gasteiger partial charge is 0.412 e. The van der Waals surface area contributed by atoms with E-state index in [-0.39, 0.29) is 0 Å². The Bertz CT molecular complexity index is 684. The maximum absolute atomic E-state index is 12.2. The topological polar surface area (TPSA) is 56.8 Å². The number of amides is 1. The minimum Gasteiger partial charge on any atom is -0.440 e. The molecule has 1 fully saturated rings. The highest BCUT2D eigenvalue weighted by atomic mass is 35.5. The maximum Gasteiger partial charge on any atom is 0.412 e. The van der Waals surface area contributed by atoms with E-state index in [0.29, 0.717) is 23.9 Å². The molecule has 0 aliphatic carbocycles. The summed E-state index contributed by atoms with van der Waals surface area (Å²) in [6.07, 6.45) is -1.21. The Balaban J connectivity index is 1.71. The molecular weight excluding hydrogens is 330 g/mol. The lowest BCUT2D eigenvalue weighted by atomic mass is 10.0. The summed E-state index contributed by atoms with van der Waals surface area (Å²) in [6.45, 7) is 2.64. The highest BCUT2D eigenvalue weighted by Crippen LogP contribution is 2.36. The van der Waals surface area contributed by atoms with Crippen molar-refractivity contribution in [3.8, 4) is 0 Å². The van der Waals surface area contributed by atoms with Crippen molar-refractivity contribution in [3.05, 3.63) is 65.2 Å². The molecule has 24 heavy (non-hydrogen) atoms. The fourth-order valence-electron chi connectivity index (χ4n) is 2.65. The van der Waals surface area contributed by atoms with Gasteiger partial charge in [0, 0.05) is 16.3 Å². The molecule has 2 aromatic carbocycles. The quantitative estimate of drug-likeness (QED) is 0.901. The standard InChI is InChI=1S/C18H18ClNO4/c1-13(24-17(21)20-16-9-7-15(19)8-10-16)18(22-11-12-23-18)14-5-3-2-4-6-14/h2-10,13H,11-12H2,1H3,(H,20,21). The number of carbonyl (C=O) groups excluding carboxylic acids is 1. The molecule has 1 aliphatic rings. The normalized spacial score (nSPS) is 17.2. The minimum atomic E-state index is -1.08. The van der Waals surface area contributed by atoms with Crippen LogP contribution in [0.2, 0.25) is 5.02 Å². The number of benzene rings is 2. The van der Waals surface area contributed by atoms with Gasteiger partial charge in [0.25, 0.3) is 0 Å². The Morgan fingerprint density at radius 1 is 1.12 bits per heavy atom. The van der Waals surface area contributed by atoms with Gasteiger partial charge in [0.1, 0.15) is 0 Å². The van der Waals surface area contributed by atoms with Crippen LogP contribution in [0.4, 0.5) is 10.5 Å². The van der Waals surface area contributed by atoms with Crippen LogP contribution in [-0.2, 0) is 20.0 Å². The summed E-state index contributed by atoms with van der Waals surface area (Å²) in [5, 5.41) is 3.26. The summed E-state index contributed by atoms with van der Waals surface area (Å²) in [6, 6.07) is 16.2. The van der Waals surface area contributed by atoms with Crippen LogP contribution in [-0.4, -0.2) is 25.4 Å². The minimum absolute atomic E-state index is 0.446. The lowest BCUT2D eigenvalue weighted by Gasteiger charge is -2.33. The molecule has 1 saturated heterocycles. The number of hydrogen-bond donors (Lipinski definition) is 1. The van der Waals surface area contributed by atoms with E-state index in [1.54, 1.807) is 31.2 Å². The first-order chi connectivity index (χ1) is 11.6. The van der Waals surface area contributed by atoms with Gasteiger partial charge in [0.2, 0.25) is 5.79 Å². The second-order valence-corrected chi connectivity index (χ2v) is 5.85. The number of rotatable bonds is 4. The fourth-order valence-corrected chi connectivity index (χ4v) is 2.78. The summed E-state index contributed by atoms with van der Waals surface area (Å²) in [5.74, 6) is -1.08. The average molecular weight is 348 g/mol. The third-order valence-corrected chi connectivity index (χ3v) is 4.05. The molecule has 1 atom stereocenters. The zero-order valence-electron chi connectivity index (χ0n) is 13.2. The van der Waals surface area contributed by atoms with Crippen LogP contribution >= 0.6 is 11.6 Å². The van der Waals surface area contributed by atoms with Gasteiger partial charge in [-0.3, -0.25) is 5.32 Å². The molecule has 0 aromatic heterocycles. The number of hydrogen-bond acceptors (Lipinski definition) is 4. The summed E-state index contributed by atoms with van der Waals surface area (Å²) >= 11 is 5.83. The summed E-state index contributed by atoms with van der Waals surface area (Å²) in [4.78, 5) is 12.2. The Labute approximate surface area is 145 Å². The van der Waals surface area contributed by atoms with E-state index in [2.05, 4.69) is 5.32 Å². The van der Waals surface area contributed by atoms with E-state index >= 15 is 0 Å². The van der Waals surface area contributed by atoms with E-state index in [0.717, 1.165) is 5.56 Å². The third kappa shape index (κ3) is 3.53. The van der Waals surface area contributed by atoms with Crippen LogP contribution in [0.25, 0.3) is 0 Å². The summed E-state index contributed by atoms with van der Waals surface area (Å²) < 4.78 is 17.1. The second-order valence-electron chi connectivity index (χ2n) is 5.41. The first kappa shape index (κ1) is 16.8. The Morgan fingerprint density at radius 3 is 2.38 bits per heavy atom. The number of ether oxygens (including phenoxy) is 3. The van der Waals surface area contributed by atoms with Gasteiger partial charge in [-0.2, -0.15) is 0 Å². The second kappa shape index (κ2) is 7.21. The van der Waals surface area contributed by atoms with Crippen LogP contribution in [0.1, 0.15) is 12.5 Å². The molecule has 3 rings (SSSR count). The Kier molecular flexibility index (Phi) is 5.04. The molecular formula is C18H18ClNO4. The van der Waals surface area contributed by atoms with Crippen LogP contribution in [0.5, 0.6) is 0 Å². The zero-order chi connectivity index (χ0) is 17.0. The zero-order valence-corrected chi connectivity index (χ0v) is 14.0. The summed E-state index contributed by atoms with van der Waals surface area (Å²) in [7, 11) is 0. The molecule has 1 amide bonds. The molecule has 0 saturated carbocycles. The molecule has 1 heterocycles. The Morgan fingerprint density at radius 2 is 1.75 bits per heavy atom. The van der Waals surface area contributed by atoms with Gasteiger partial charge in [0.15, 0.2) is 6.10 Å². The van der Waals surface area contributed by atoms with Gasteiger partial charge in [-0.1, -0.05) is 41.9 Å². The van der Waals surface area contributed by atoms with E-state index in [4.69, 9.17) is 25.8 Å². The van der Waals surface area contributed by atoms with Crippen molar-refractivity contribution in [1.82, 2.24) is 0 Å². The number of carbonyl (C=O) groups is 1. The average Bonchev–Trinajstić information content (AvgIpc) is 3.09. The van der Waals surface area contributed by atoms with E-state index in [9.17, 15) is 4.79 Å². The number of halogens is 1. The van der Waals surface area contributed by atoms with Crippen molar-refractivity contribution < 1.29 is 19.0 Å². The van der Waals surface area contributed by atoms with Crippen molar-refractivity contribution >= 4 is 23.4 Å². The third-order valence-electron chi connectivity index (χ3n) is 3.80.